The molecule has 0 spiro atoms. The van der Waals surface area contributed by atoms with Crippen LogP contribution in [0.3, 0.4) is 0 Å². The summed E-state index contributed by atoms with van der Waals surface area (Å²) in [5.41, 5.74) is 0.817. The van der Waals surface area contributed by atoms with Crippen molar-refractivity contribution in [2.75, 3.05) is 6.54 Å². The monoisotopic (exact) mass is 521 g/mol. The van der Waals surface area contributed by atoms with Crippen molar-refractivity contribution in [3.63, 3.8) is 0 Å². The molecule has 1 saturated heterocycles. The van der Waals surface area contributed by atoms with E-state index in [1.54, 1.807) is 33.6 Å². The molecule has 11 heteroatoms. The number of amides is 2. The lowest BCUT2D eigenvalue weighted by molar-refractivity contribution is -0.158. The molecular formula is C27H35N7O4. The predicted molar refractivity (Wildman–Crippen MR) is 138 cm³/mol. The van der Waals surface area contributed by atoms with Crippen LogP contribution in [0.5, 0.6) is 0 Å². The number of aryl methyl sites for hydroxylation is 1. The van der Waals surface area contributed by atoms with E-state index in [1.807, 2.05) is 13.1 Å². The Morgan fingerprint density at radius 3 is 2.68 bits per heavy atom. The Bertz CT molecular complexity index is 1320. The summed E-state index contributed by atoms with van der Waals surface area (Å²) in [4.78, 5) is 42.8. The van der Waals surface area contributed by atoms with E-state index in [0.29, 0.717) is 36.5 Å². The number of nitrogens with zero attached hydrogens (tertiary/aromatic N) is 5. The second-order valence-electron chi connectivity index (χ2n) is 10.5. The number of carbonyl (C=O) groups excluding carboxylic acids is 2. The number of carboxylic acid groups (broad SMARTS) is 1. The first kappa shape index (κ1) is 25.9. The van der Waals surface area contributed by atoms with E-state index >= 15 is 0 Å². The zero-order chi connectivity index (χ0) is 26.7. The first-order chi connectivity index (χ1) is 18.4. The molecule has 1 aliphatic heterocycles. The fraction of sp³-hybridized carbons (Fsp3) is 0.556. The molecule has 1 saturated carbocycles. The van der Waals surface area contributed by atoms with E-state index < -0.39 is 17.3 Å². The number of hydrogen-bond acceptors (Lipinski definition) is 6. The normalized spacial score (nSPS) is 21.6. The minimum atomic E-state index is -1.53. The molecule has 38 heavy (non-hydrogen) atoms. The van der Waals surface area contributed by atoms with Crippen LogP contribution in [0.1, 0.15) is 86.2 Å². The third kappa shape index (κ3) is 5.01. The number of hydrogen-bond donors (Lipinski definition) is 3. The molecule has 3 aromatic heterocycles. The van der Waals surface area contributed by atoms with E-state index in [-0.39, 0.29) is 30.7 Å². The van der Waals surface area contributed by atoms with E-state index in [2.05, 4.69) is 20.8 Å². The van der Waals surface area contributed by atoms with Gasteiger partial charge in [-0.2, -0.15) is 10.2 Å². The maximum atomic E-state index is 13.3. The average Bonchev–Trinajstić information content (AvgIpc) is 3.47. The standard InChI is InChI=1S/C27H35N7O4/c1-2-33-21(12-15-29-33)24(35)31-23(18-8-5-3-4-6-9-18)20-17-34-22(30-20)11-10-19(32-34)16-27(26(37)38)13-7-14-28-25(27)36/h10-12,15,17-18,23H,2-9,13-14,16H2,1H3,(H,28,36)(H,31,35)(H,37,38)/t23-,27-/m0/s1. The van der Waals surface area contributed by atoms with Crippen LogP contribution in [0.2, 0.25) is 0 Å². The smallest absolute Gasteiger partial charge is 0.319 e. The van der Waals surface area contributed by atoms with Gasteiger partial charge in [-0.1, -0.05) is 25.7 Å². The van der Waals surface area contributed by atoms with Gasteiger partial charge in [-0.05, 0) is 56.7 Å². The van der Waals surface area contributed by atoms with Crippen molar-refractivity contribution in [2.24, 2.45) is 11.3 Å². The Hall–Kier alpha value is -3.76. The number of aliphatic carboxylic acids is 1. The van der Waals surface area contributed by atoms with Crippen LogP contribution >= 0.6 is 0 Å². The Morgan fingerprint density at radius 1 is 1.18 bits per heavy atom. The third-order valence-corrected chi connectivity index (χ3v) is 8.01. The van der Waals surface area contributed by atoms with Gasteiger partial charge in [-0.3, -0.25) is 19.1 Å². The fourth-order valence-corrected chi connectivity index (χ4v) is 5.89. The number of rotatable bonds is 8. The maximum absolute atomic E-state index is 13.3. The molecule has 0 unspecified atom stereocenters. The Morgan fingerprint density at radius 2 is 1.97 bits per heavy atom. The van der Waals surface area contributed by atoms with Gasteiger partial charge in [-0.15, -0.1) is 0 Å². The summed E-state index contributed by atoms with van der Waals surface area (Å²) in [6, 6.07) is 4.96. The van der Waals surface area contributed by atoms with Crippen LogP contribution < -0.4 is 10.6 Å². The molecule has 3 N–H and O–H groups in total. The van der Waals surface area contributed by atoms with E-state index in [1.165, 1.54) is 12.8 Å². The average molecular weight is 522 g/mol. The molecule has 11 nitrogen and oxygen atoms in total. The van der Waals surface area contributed by atoms with Gasteiger partial charge in [0, 0.05) is 25.7 Å². The second kappa shape index (κ2) is 10.9. The van der Waals surface area contributed by atoms with E-state index in [4.69, 9.17) is 4.98 Å². The molecule has 2 atom stereocenters. The summed E-state index contributed by atoms with van der Waals surface area (Å²) in [5, 5.41) is 24.7. The highest BCUT2D eigenvalue weighted by Gasteiger charge is 2.48. The summed E-state index contributed by atoms with van der Waals surface area (Å²) in [6.45, 7) is 3.03. The number of nitrogens with one attached hydrogen (secondary N) is 2. The van der Waals surface area contributed by atoms with Gasteiger partial charge in [0.15, 0.2) is 11.1 Å². The molecule has 3 aromatic rings. The lowest BCUT2D eigenvalue weighted by Crippen LogP contribution is -2.52. The van der Waals surface area contributed by atoms with Crippen molar-refractivity contribution < 1.29 is 19.5 Å². The van der Waals surface area contributed by atoms with Crippen LogP contribution in [0.25, 0.3) is 5.65 Å². The minimum Gasteiger partial charge on any atom is -0.480 e. The van der Waals surface area contributed by atoms with Crippen LogP contribution in [-0.4, -0.2) is 53.8 Å². The number of fused-ring (bicyclic) bond motifs is 1. The van der Waals surface area contributed by atoms with Crippen LogP contribution in [0, 0.1) is 11.3 Å². The number of carbonyl (C=O) groups is 3. The summed E-state index contributed by atoms with van der Waals surface area (Å²) < 4.78 is 3.31. The molecule has 202 valence electrons. The van der Waals surface area contributed by atoms with Gasteiger partial charge in [0.1, 0.15) is 5.69 Å². The van der Waals surface area contributed by atoms with Crippen molar-refractivity contribution in [3.8, 4) is 0 Å². The van der Waals surface area contributed by atoms with E-state index in [9.17, 15) is 19.5 Å². The first-order valence-corrected chi connectivity index (χ1v) is 13.6. The van der Waals surface area contributed by atoms with Crippen molar-refractivity contribution in [3.05, 3.63) is 47.7 Å². The highest BCUT2D eigenvalue weighted by Crippen LogP contribution is 2.34. The lowest BCUT2D eigenvalue weighted by Gasteiger charge is -2.31. The van der Waals surface area contributed by atoms with E-state index in [0.717, 1.165) is 31.4 Å². The summed E-state index contributed by atoms with van der Waals surface area (Å²) in [5.74, 6) is -1.54. The van der Waals surface area contributed by atoms with Crippen molar-refractivity contribution >= 4 is 23.4 Å². The molecule has 2 amide bonds. The van der Waals surface area contributed by atoms with Gasteiger partial charge in [-0.25, -0.2) is 9.50 Å². The highest BCUT2D eigenvalue weighted by molar-refractivity contribution is 6.02. The molecule has 4 heterocycles. The van der Waals surface area contributed by atoms with Crippen molar-refractivity contribution in [1.29, 1.82) is 0 Å². The molecule has 5 rings (SSSR count). The molecule has 0 radical (unpaired) electrons. The molecular weight excluding hydrogens is 486 g/mol. The quantitative estimate of drug-likeness (QED) is 0.305. The summed E-state index contributed by atoms with van der Waals surface area (Å²) in [6.07, 6.45) is 10.9. The summed E-state index contributed by atoms with van der Waals surface area (Å²) >= 11 is 0. The first-order valence-electron chi connectivity index (χ1n) is 13.6. The van der Waals surface area contributed by atoms with Gasteiger partial charge >= 0.3 is 5.97 Å². The number of aromatic nitrogens is 5. The minimum absolute atomic E-state index is 0.00141. The fourth-order valence-electron chi connectivity index (χ4n) is 5.89. The predicted octanol–water partition coefficient (Wildman–Crippen LogP) is 2.91. The van der Waals surface area contributed by atoms with Gasteiger partial charge in [0.05, 0.1) is 23.6 Å². The maximum Gasteiger partial charge on any atom is 0.319 e. The Labute approximate surface area is 221 Å². The third-order valence-electron chi connectivity index (χ3n) is 8.01. The van der Waals surface area contributed by atoms with Crippen LogP contribution in [0.4, 0.5) is 0 Å². The lowest BCUT2D eigenvalue weighted by atomic mass is 9.76. The van der Waals surface area contributed by atoms with Gasteiger partial charge < -0.3 is 15.7 Å². The van der Waals surface area contributed by atoms with Crippen LogP contribution in [0.15, 0.2) is 30.6 Å². The molecule has 2 aliphatic rings. The number of piperidine rings is 1. The zero-order valence-electron chi connectivity index (χ0n) is 21.7. The molecule has 0 aromatic carbocycles. The molecule has 2 fully saturated rings. The highest BCUT2D eigenvalue weighted by atomic mass is 16.4. The zero-order valence-corrected chi connectivity index (χ0v) is 21.7. The Kier molecular flexibility index (Phi) is 7.44. The topological polar surface area (TPSA) is 144 Å². The number of carboxylic acids is 1. The largest absolute Gasteiger partial charge is 0.480 e. The second-order valence-corrected chi connectivity index (χ2v) is 10.5. The van der Waals surface area contributed by atoms with Gasteiger partial charge in [0.2, 0.25) is 5.91 Å². The van der Waals surface area contributed by atoms with Crippen molar-refractivity contribution in [2.45, 2.75) is 77.3 Å². The van der Waals surface area contributed by atoms with Gasteiger partial charge in [0.25, 0.3) is 5.91 Å². The SMILES string of the molecule is CCn1nccc1C(=O)N[C@H](c1cn2nc(C[C@@]3(C(=O)O)CCCNC3=O)ccc2n1)C1CCCCCC1. The Balaban J connectivity index is 1.45. The molecule has 1 aliphatic carbocycles. The van der Waals surface area contributed by atoms with Crippen LogP contribution in [-0.2, 0) is 22.6 Å². The molecule has 0 bridgehead atoms. The van der Waals surface area contributed by atoms with Crippen molar-refractivity contribution in [1.82, 2.24) is 35.0 Å². The summed E-state index contributed by atoms with van der Waals surface area (Å²) in [7, 11) is 0. The number of imidazole rings is 1.